The van der Waals surface area contributed by atoms with Crippen LogP contribution in [0.4, 0.5) is 0 Å². The van der Waals surface area contributed by atoms with Gasteiger partial charge in [0.1, 0.15) is 0 Å². The van der Waals surface area contributed by atoms with Gasteiger partial charge in [0.25, 0.3) is 5.91 Å². The molecule has 150 valence electrons. The van der Waals surface area contributed by atoms with Crippen LogP contribution < -0.4 is 10.6 Å². The second-order valence-corrected chi connectivity index (χ2v) is 7.08. The summed E-state index contributed by atoms with van der Waals surface area (Å²) in [6, 6.07) is 17.4. The van der Waals surface area contributed by atoms with Crippen molar-refractivity contribution in [3.05, 3.63) is 88.2 Å². The monoisotopic (exact) mass is 390 g/mol. The fourth-order valence-electron chi connectivity index (χ4n) is 3.17. The van der Waals surface area contributed by atoms with E-state index in [0.717, 1.165) is 22.5 Å². The fourth-order valence-corrected chi connectivity index (χ4v) is 3.17. The maximum atomic E-state index is 12.5. The van der Waals surface area contributed by atoms with Gasteiger partial charge in [-0.3, -0.25) is 14.3 Å². The lowest BCUT2D eigenvalue weighted by atomic mass is 10.1. The highest BCUT2D eigenvalue weighted by atomic mass is 16.2. The number of aromatic nitrogens is 2. The van der Waals surface area contributed by atoms with Crippen LogP contribution in [0.5, 0.6) is 0 Å². The minimum Gasteiger partial charge on any atom is -0.352 e. The Morgan fingerprint density at radius 1 is 0.897 bits per heavy atom. The molecule has 6 nitrogen and oxygen atoms in total. The molecule has 2 N–H and O–H groups in total. The van der Waals surface area contributed by atoms with Gasteiger partial charge in [-0.1, -0.05) is 42.5 Å². The molecule has 1 aromatic heterocycles. The summed E-state index contributed by atoms with van der Waals surface area (Å²) in [5.74, 6) is -0.212. The Bertz CT molecular complexity index is 992. The summed E-state index contributed by atoms with van der Waals surface area (Å²) < 4.78 is 1.98. The molecule has 29 heavy (non-hydrogen) atoms. The number of hydrogen-bond acceptors (Lipinski definition) is 3. The topological polar surface area (TPSA) is 76.0 Å². The Morgan fingerprint density at radius 2 is 1.59 bits per heavy atom. The zero-order valence-electron chi connectivity index (χ0n) is 17.0. The molecule has 0 radical (unpaired) electrons. The summed E-state index contributed by atoms with van der Waals surface area (Å²) in [6.07, 6.45) is 0. The average Bonchev–Trinajstić information content (AvgIpc) is 2.98. The van der Waals surface area contributed by atoms with Crippen LogP contribution in [0.15, 0.2) is 54.6 Å². The number of nitrogens with zero attached hydrogens (tertiary/aromatic N) is 2. The zero-order chi connectivity index (χ0) is 20.8. The van der Waals surface area contributed by atoms with E-state index in [1.54, 1.807) is 12.1 Å². The molecule has 2 aromatic carbocycles. The van der Waals surface area contributed by atoms with Crippen LogP contribution in [0.25, 0.3) is 0 Å². The van der Waals surface area contributed by atoms with Crippen LogP contribution in [0.2, 0.25) is 0 Å². The molecular weight excluding hydrogens is 364 g/mol. The maximum absolute atomic E-state index is 12.5. The first kappa shape index (κ1) is 20.3. The van der Waals surface area contributed by atoms with Crippen molar-refractivity contribution in [2.75, 3.05) is 0 Å². The molecule has 0 aliphatic carbocycles. The van der Waals surface area contributed by atoms with E-state index in [4.69, 9.17) is 0 Å². The largest absolute Gasteiger partial charge is 0.352 e. The first-order valence-corrected chi connectivity index (χ1v) is 9.62. The van der Waals surface area contributed by atoms with E-state index >= 15 is 0 Å². The molecule has 0 atom stereocenters. The summed E-state index contributed by atoms with van der Waals surface area (Å²) in [5.41, 5.74) is 5.74. The first-order chi connectivity index (χ1) is 13.9. The number of nitrogens with one attached hydrogen (secondary N) is 2. The van der Waals surface area contributed by atoms with E-state index in [1.807, 2.05) is 48.9 Å². The summed E-state index contributed by atoms with van der Waals surface area (Å²) >= 11 is 0. The quantitative estimate of drug-likeness (QED) is 0.651. The minimum absolute atomic E-state index is 0.0784. The second-order valence-electron chi connectivity index (χ2n) is 7.08. The summed E-state index contributed by atoms with van der Waals surface area (Å²) in [5, 5.41) is 10.4. The number of amides is 2. The molecule has 1 heterocycles. The first-order valence-electron chi connectivity index (χ1n) is 9.62. The number of rotatable bonds is 7. The van der Waals surface area contributed by atoms with E-state index in [0.29, 0.717) is 25.2 Å². The van der Waals surface area contributed by atoms with Crippen molar-refractivity contribution in [1.82, 2.24) is 20.4 Å². The van der Waals surface area contributed by atoms with Gasteiger partial charge in [0.15, 0.2) is 0 Å². The molecule has 3 rings (SSSR count). The Labute approximate surface area is 170 Å². The number of hydrogen-bond donors (Lipinski definition) is 2. The third-order valence-electron chi connectivity index (χ3n) is 4.89. The molecule has 0 fully saturated rings. The lowest BCUT2D eigenvalue weighted by molar-refractivity contribution is -0.119. The van der Waals surface area contributed by atoms with Gasteiger partial charge >= 0.3 is 0 Å². The highest BCUT2D eigenvalue weighted by Gasteiger charge is 2.13. The zero-order valence-corrected chi connectivity index (χ0v) is 17.0. The minimum atomic E-state index is -0.134. The molecule has 0 saturated heterocycles. The van der Waals surface area contributed by atoms with Crippen molar-refractivity contribution in [3.8, 4) is 0 Å². The van der Waals surface area contributed by atoms with Crippen molar-refractivity contribution in [1.29, 1.82) is 0 Å². The molecule has 0 aliphatic heterocycles. The number of carbonyl (C=O) groups is 2. The third-order valence-corrected chi connectivity index (χ3v) is 4.89. The van der Waals surface area contributed by atoms with Crippen LogP contribution in [0.1, 0.15) is 45.4 Å². The Balaban J connectivity index is 1.62. The smallest absolute Gasteiger partial charge is 0.251 e. The van der Waals surface area contributed by atoms with Gasteiger partial charge in [-0.25, -0.2) is 0 Å². The molecule has 0 bridgehead atoms. The highest BCUT2D eigenvalue weighted by molar-refractivity contribution is 5.94. The maximum Gasteiger partial charge on any atom is 0.251 e. The van der Waals surface area contributed by atoms with Crippen molar-refractivity contribution >= 4 is 11.8 Å². The Hall–Kier alpha value is -3.41. The summed E-state index contributed by atoms with van der Waals surface area (Å²) in [7, 11) is 0. The van der Waals surface area contributed by atoms with Crippen LogP contribution >= 0.6 is 0 Å². The standard InChI is InChI=1S/C23H26N4O2/c1-16-22(17(2)27(26-16)15-20-7-5-4-6-8-20)14-25-23(29)21-11-9-19(10-12-21)13-24-18(3)28/h4-12H,13-15H2,1-3H3,(H,24,28)(H,25,29). The summed E-state index contributed by atoms with van der Waals surface area (Å²) in [4.78, 5) is 23.5. The summed E-state index contributed by atoms with van der Waals surface area (Å²) in [6.45, 7) is 7.06. The second kappa shape index (κ2) is 9.19. The average molecular weight is 390 g/mol. The number of carbonyl (C=O) groups excluding carboxylic acids is 2. The highest BCUT2D eigenvalue weighted by Crippen LogP contribution is 2.15. The van der Waals surface area contributed by atoms with E-state index in [1.165, 1.54) is 12.5 Å². The van der Waals surface area contributed by atoms with Gasteiger partial charge in [0, 0.05) is 36.8 Å². The molecular formula is C23H26N4O2. The van der Waals surface area contributed by atoms with Gasteiger partial charge in [0.05, 0.1) is 12.2 Å². The molecule has 6 heteroatoms. The Kier molecular flexibility index (Phi) is 6.44. The van der Waals surface area contributed by atoms with Crippen molar-refractivity contribution < 1.29 is 9.59 Å². The SMILES string of the molecule is CC(=O)NCc1ccc(C(=O)NCc2c(C)nn(Cc3ccccc3)c2C)cc1. The van der Waals surface area contributed by atoms with E-state index < -0.39 is 0 Å². The van der Waals surface area contributed by atoms with E-state index in [-0.39, 0.29) is 11.8 Å². The van der Waals surface area contributed by atoms with Gasteiger partial charge in [-0.2, -0.15) is 5.10 Å². The number of benzene rings is 2. The fraction of sp³-hybridized carbons (Fsp3) is 0.261. The van der Waals surface area contributed by atoms with Gasteiger partial charge in [-0.15, -0.1) is 0 Å². The lowest BCUT2D eigenvalue weighted by Gasteiger charge is -2.08. The molecule has 0 unspecified atom stereocenters. The van der Waals surface area contributed by atoms with Crippen molar-refractivity contribution in [2.45, 2.75) is 40.4 Å². The van der Waals surface area contributed by atoms with Crippen LogP contribution in [-0.4, -0.2) is 21.6 Å². The molecule has 0 spiro atoms. The van der Waals surface area contributed by atoms with Gasteiger partial charge in [-0.05, 0) is 37.1 Å². The normalized spacial score (nSPS) is 10.6. The lowest BCUT2D eigenvalue weighted by Crippen LogP contribution is -2.23. The predicted octanol–water partition coefficient (Wildman–Crippen LogP) is 3.11. The van der Waals surface area contributed by atoms with Gasteiger partial charge in [0.2, 0.25) is 5.91 Å². The van der Waals surface area contributed by atoms with Crippen LogP contribution in [-0.2, 0) is 24.4 Å². The molecule has 0 saturated carbocycles. The van der Waals surface area contributed by atoms with Crippen LogP contribution in [0.3, 0.4) is 0 Å². The molecule has 2 amide bonds. The number of aryl methyl sites for hydroxylation is 1. The Morgan fingerprint density at radius 3 is 2.24 bits per heavy atom. The third kappa shape index (κ3) is 5.31. The molecule has 3 aromatic rings. The van der Waals surface area contributed by atoms with Crippen molar-refractivity contribution in [2.24, 2.45) is 0 Å². The predicted molar refractivity (Wildman–Crippen MR) is 112 cm³/mol. The molecule has 0 aliphatic rings. The van der Waals surface area contributed by atoms with Crippen molar-refractivity contribution in [3.63, 3.8) is 0 Å². The van der Waals surface area contributed by atoms with E-state index in [2.05, 4.69) is 27.9 Å². The van der Waals surface area contributed by atoms with E-state index in [9.17, 15) is 9.59 Å². The van der Waals surface area contributed by atoms with Crippen LogP contribution in [0, 0.1) is 13.8 Å². The van der Waals surface area contributed by atoms with Gasteiger partial charge < -0.3 is 10.6 Å².